The van der Waals surface area contributed by atoms with Crippen LogP contribution < -0.4 is 0 Å². The zero-order chi connectivity index (χ0) is 14.7. The van der Waals surface area contributed by atoms with Crippen molar-refractivity contribution in [2.75, 3.05) is 0 Å². The van der Waals surface area contributed by atoms with Gasteiger partial charge < -0.3 is 5.11 Å². The first-order valence-electron chi connectivity index (χ1n) is 5.60. The highest BCUT2D eigenvalue weighted by atomic mass is 32.2. The monoisotopic (exact) mass is 290 g/mol. The van der Waals surface area contributed by atoms with E-state index in [0.29, 0.717) is 9.92 Å². The molecule has 1 N–H and O–H groups in total. The number of aromatic carboxylic acids is 1. The van der Waals surface area contributed by atoms with Gasteiger partial charge in [-0.05, 0) is 24.6 Å². The van der Waals surface area contributed by atoms with Crippen molar-refractivity contribution in [3.05, 3.63) is 57.8 Å². The molecule has 0 aliphatic carbocycles. The largest absolute Gasteiger partial charge is 0.478 e. The lowest BCUT2D eigenvalue weighted by Gasteiger charge is -2.05. The number of nitro benzene ring substituents is 1. The molecule has 0 aliphatic heterocycles. The van der Waals surface area contributed by atoms with Crippen LogP contribution in [0.15, 0.2) is 46.5 Å². The van der Waals surface area contributed by atoms with E-state index in [1.165, 1.54) is 24.4 Å². The van der Waals surface area contributed by atoms with Crippen LogP contribution >= 0.6 is 11.8 Å². The van der Waals surface area contributed by atoms with Crippen LogP contribution in [0.3, 0.4) is 0 Å². The number of nitro groups is 1. The Balaban J connectivity index is 2.34. The molecule has 0 unspecified atom stereocenters. The van der Waals surface area contributed by atoms with E-state index in [4.69, 9.17) is 5.11 Å². The first kappa shape index (κ1) is 14.0. The standard InChI is InChI=1S/C13H10N2O4S/c1-8-3-2-4-10(15(18)19)12(8)20-11-6-5-9(7-14-11)13(16)17/h2-7H,1H3,(H,16,17). The molecule has 0 atom stereocenters. The fourth-order valence-electron chi connectivity index (χ4n) is 1.59. The summed E-state index contributed by atoms with van der Waals surface area (Å²) in [6.45, 7) is 1.78. The molecule has 0 saturated carbocycles. The van der Waals surface area contributed by atoms with Gasteiger partial charge in [-0.3, -0.25) is 10.1 Å². The lowest BCUT2D eigenvalue weighted by atomic mass is 10.2. The Labute approximate surface area is 118 Å². The molecule has 2 aromatic rings. The van der Waals surface area contributed by atoms with Crippen LogP contribution in [-0.4, -0.2) is 21.0 Å². The van der Waals surface area contributed by atoms with Crippen LogP contribution in [0.1, 0.15) is 15.9 Å². The summed E-state index contributed by atoms with van der Waals surface area (Å²) >= 11 is 1.14. The number of carbonyl (C=O) groups is 1. The summed E-state index contributed by atoms with van der Waals surface area (Å²) in [4.78, 5) is 25.8. The normalized spacial score (nSPS) is 10.2. The quantitative estimate of drug-likeness (QED) is 0.686. The summed E-state index contributed by atoms with van der Waals surface area (Å²) in [7, 11) is 0. The van der Waals surface area contributed by atoms with Gasteiger partial charge in [-0.2, -0.15) is 0 Å². The molecule has 1 aromatic carbocycles. The molecule has 0 bridgehead atoms. The minimum Gasteiger partial charge on any atom is -0.478 e. The average molecular weight is 290 g/mol. The molecule has 0 saturated heterocycles. The van der Waals surface area contributed by atoms with Crippen LogP contribution in [-0.2, 0) is 0 Å². The Bertz CT molecular complexity index is 671. The highest BCUT2D eigenvalue weighted by molar-refractivity contribution is 7.99. The van der Waals surface area contributed by atoms with Gasteiger partial charge in [-0.1, -0.05) is 23.9 Å². The fraction of sp³-hybridized carbons (Fsp3) is 0.0769. The Kier molecular flexibility index (Phi) is 3.99. The summed E-state index contributed by atoms with van der Waals surface area (Å²) in [6.07, 6.45) is 1.23. The fourth-order valence-corrected chi connectivity index (χ4v) is 2.51. The smallest absolute Gasteiger partial charge is 0.337 e. The van der Waals surface area contributed by atoms with Crippen LogP contribution in [0.4, 0.5) is 5.69 Å². The lowest BCUT2D eigenvalue weighted by Crippen LogP contribution is -1.97. The second-order valence-electron chi connectivity index (χ2n) is 3.97. The third-order valence-corrected chi connectivity index (χ3v) is 3.76. The summed E-state index contributed by atoms with van der Waals surface area (Å²) in [5.74, 6) is -1.06. The van der Waals surface area contributed by atoms with Crippen LogP contribution in [0.2, 0.25) is 0 Å². The molecular formula is C13H10N2O4S. The maximum atomic E-state index is 11.0. The van der Waals surface area contributed by atoms with Gasteiger partial charge in [0.25, 0.3) is 5.69 Å². The van der Waals surface area contributed by atoms with Gasteiger partial charge in [-0.25, -0.2) is 9.78 Å². The van der Waals surface area contributed by atoms with E-state index >= 15 is 0 Å². The minimum atomic E-state index is -1.06. The molecule has 0 fully saturated rings. The zero-order valence-corrected chi connectivity index (χ0v) is 11.3. The number of carboxylic acids is 1. The van der Waals surface area contributed by atoms with Crippen LogP contribution in [0, 0.1) is 17.0 Å². The Morgan fingerprint density at radius 1 is 1.35 bits per heavy atom. The SMILES string of the molecule is Cc1cccc([N+](=O)[O-])c1Sc1ccc(C(=O)O)cn1. The van der Waals surface area contributed by atoms with Crippen molar-refractivity contribution in [1.29, 1.82) is 0 Å². The Morgan fingerprint density at radius 3 is 2.65 bits per heavy atom. The molecule has 102 valence electrons. The van der Waals surface area contributed by atoms with E-state index in [-0.39, 0.29) is 11.3 Å². The molecule has 0 amide bonds. The highest BCUT2D eigenvalue weighted by Crippen LogP contribution is 2.36. The third-order valence-electron chi connectivity index (χ3n) is 2.58. The van der Waals surface area contributed by atoms with E-state index in [1.54, 1.807) is 19.1 Å². The predicted molar refractivity (Wildman–Crippen MR) is 73.2 cm³/mol. The van der Waals surface area contributed by atoms with E-state index < -0.39 is 10.9 Å². The number of carboxylic acid groups (broad SMARTS) is 1. The van der Waals surface area contributed by atoms with Gasteiger partial charge in [0, 0.05) is 12.3 Å². The van der Waals surface area contributed by atoms with Gasteiger partial charge in [0.1, 0.15) is 5.03 Å². The van der Waals surface area contributed by atoms with Gasteiger partial charge in [0.05, 0.1) is 15.4 Å². The molecule has 2 rings (SSSR count). The van der Waals surface area contributed by atoms with Gasteiger partial charge >= 0.3 is 5.97 Å². The summed E-state index contributed by atoms with van der Waals surface area (Å²) in [5.41, 5.74) is 0.862. The van der Waals surface area contributed by atoms with Crippen LogP contribution in [0.5, 0.6) is 0 Å². The van der Waals surface area contributed by atoms with E-state index in [2.05, 4.69) is 4.98 Å². The van der Waals surface area contributed by atoms with Gasteiger partial charge in [0.15, 0.2) is 0 Å². The van der Waals surface area contributed by atoms with Crippen molar-refractivity contribution in [2.24, 2.45) is 0 Å². The number of hydrogen-bond donors (Lipinski definition) is 1. The number of benzene rings is 1. The number of hydrogen-bond acceptors (Lipinski definition) is 5. The van der Waals surface area contributed by atoms with Crippen molar-refractivity contribution in [3.8, 4) is 0 Å². The second kappa shape index (κ2) is 5.70. The molecule has 1 aromatic heterocycles. The van der Waals surface area contributed by atoms with E-state index in [1.807, 2.05) is 0 Å². The van der Waals surface area contributed by atoms with Crippen molar-refractivity contribution in [3.63, 3.8) is 0 Å². The number of nitrogens with zero attached hydrogens (tertiary/aromatic N) is 2. The number of aryl methyl sites for hydroxylation is 1. The summed E-state index contributed by atoms with van der Waals surface area (Å²) < 4.78 is 0. The molecular weight excluding hydrogens is 280 g/mol. The van der Waals surface area contributed by atoms with Gasteiger partial charge in [-0.15, -0.1) is 0 Å². The maximum Gasteiger partial charge on any atom is 0.337 e. The molecule has 0 aliphatic rings. The number of pyridine rings is 1. The van der Waals surface area contributed by atoms with E-state index in [0.717, 1.165) is 17.3 Å². The van der Waals surface area contributed by atoms with Gasteiger partial charge in [0.2, 0.25) is 0 Å². The van der Waals surface area contributed by atoms with Crippen molar-refractivity contribution in [1.82, 2.24) is 4.98 Å². The molecule has 20 heavy (non-hydrogen) atoms. The third kappa shape index (κ3) is 2.94. The van der Waals surface area contributed by atoms with Crippen molar-refractivity contribution < 1.29 is 14.8 Å². The molecule has 0 spiro atoms. The Morgan fingerprint density at radius 2 is 2.10 bits per heavy atom. The first-order valence-corrected chi connectivity index (χ1v) is 6.42. The molecule has 0 radical (unpaired) electrons. The Hall–Kier alpha value is -2.41. The van der Waals surface area contributed by atoms with Crippen molar-refractivity contribution in [2.45, 2.75) is 16.8 Å². The lowest BCUT2D eigenvalue weighted by molar-refractivity contribution is -0.387. The summed E-state index contributed by atoms with van der Waals surface area (Å²) in [6, 6.07) is 7.78. The molecule has 7 heteroatoms. The topological polar surface area (TPSA) is 93.3 Å². The average Bonchev–Trinajstić information content (AvgIpc) is 2.41. The predicted octanol–water partition coefficient (Wildman–Crippen LogP) is 3.15. The number of aromatic nitrogens is 1. The first-order chi connectivity index (χ1) is 9.49. The summed E-state index contributed by atoms with van der Waals surface area (Å²) in [5, 5.41) is 20.3. The van der Waals surface area contributed by atoms with Crippen LogP contribution in [0.25, 0.3) is 0 Å². The highest BCUT2D eigenvalue weighted by Gasteiger charge is 2.17. The second-order valence-corrected chi connectivity index (χ2v) is 5.00. The minimum absolute atomic E-state index is 0.0131. The molecule has 6 nitrogen and oxygen atoms in total. The molecule has 1 heterocycles. The van der Waals surface area contributed by atoms with E-state index in [9.17, 15) is 14.9 Å². The maximum absolute atomic E-state index is 11.0. The van der Waals surface area contributed by atoms with Crippen molar-refractivity contribution >= 4 is 23.4 Å². The number of rotatable bonds is 4. The zero-order valence-electron chi connectivity index (χ0n) is 10.4.